The second-order valence-electron chi connectivity index (χ2n) is 6.55. The predicted molar refractivity (Wildman–Crippen MR) is 89.2 cm³/mol. The number of nitrogens with two attached hydrogens (primary N) is 1. The lowest BCUT2D eigenvalue weighted by atomic mass is 9.83. The van der Waals surface area contributed by atoms with Crippen molar-refractivity contribution < 1.29 is 4.79 Å². The quantitative estimate of drug-likeness (QED) is 0.724. The Bertz CT molecular complexity index is 308. The lowest BCUT2D eigenvalue weighted by Gasteiger charge is -2.42. The van der Waals surface area contributed by atoms with Crippen molar-refractivity contribution in [2.45, 2.75) is 84.3 Å². The highest BCUT2D eigenvalue weighted by atomic mass is 16.2. The fraction of sp³-hybridized carbons (Fsp3) is 0.941. The summed E-state index contributed by atoms with van der Waals surface area (Å²) in [5.41, 5.74) is 5.96. The molecule has 0 radical (unpaired) electrons. The summed E-state index contributed by atoms with van der Waals surface area (Å²) >= 11 is 0. The molecule has 4 nitrogen and oxygen atoms in total. The van der Waals surface area contributed by atoms with Gasteiger partial charge in [-0.15, -0.1) is 0 Å². The van der Waals surface area contributed by atoms with Crippen LogP contribution in [0.15, 0.2) is 0 Å². The molecule has 1 aliphatic rings. The van der Waals surface area contributed by atoms with Gasteiger partial charge in [0, 0.05) is 12.1 Å². The fourth-order valence-electron chi connectivity index (χ4n) is 3.71. The highest BCUT2D eigenvalue weighted by Crippen LogP contribution is 2.29. The maximum atomic E-state index is 12.5. The lowest BCUT2D eigenvalue weighted by Crippen LogP contribution is -2.54. The van der Waals surface area contributed by atoms with Crippen molar-refractivity contribution >= 4 is 5.91 Å². The maximum Gasteiger partial charge on any atom is 0.237 e. The van der Waals surface area contributed by atoms with E-state index < -0.39 is 0 Å². The van der Waals surface area contributed by atoms with Gasteiger partial charge in [0.25, 0.3) is 0 Å². The molecule has 1 rings (SSSR count). The van der Waals surface area contributed by atoms with E-state index in [1.807, 2.05) is 6.92 Å². The van der Waals surface area contributed by atoms with E-state index in [0.29, 0.717) is 12.0 Å². The largest absolute Gasteiger partial charge is 0.352 e. The van der Waals surface area contributed by atoms with Crippen LogP contribution in [0.5, 0.6) is 0 Å². The summed E-state index contributed by atoms with van der Waals surface area (Å²) in [6.45, 7) is 10.1. The van der Waals surface area contributed by atoms with E-state index in [9.17, 15) is 4.79 Å². The number of nitrogens with one attached hydrogen (secondary N) is 1. The van der Waals surface area contributed by atoms with E-state index in [1.54, 1.807) is 0 Å². The summed E-state index contributed by atoms with van der Waals surface area (Å²) in [6, 6.07) is 0.669. The van der Waals surface area contributed by atoms with Gasteiger partial charge in [-0.05, 0) is 52.1 Å². The molecule has 4 atom stereocenters. The van der Waals surface area contributed by atoms with Gasteiger partial charge in [-0.3, -0.25) is 9.69 Å². The summed E-state index contributed by atoms with van der Waals surface area (Å²) in [6.07, 6.45) is 7.07. The van der Waals surface area contributed by atoms with E-state index in [4.69, 9.17) is 5.73 Å². The van der Waals surface area contributed by atoms with Gasteiger partial charge in [0.1, 0.15) is 0 Å². The molecule has 0 saturated heterocycles. The highest BCUT2D eigenvalue weighted by Gasteiger charge is 2.33. The first-order chi connectivity index (χ1) is 10.0. The van der Waals surface area contributed by atoms with Crippen LogP contribution in [0.25, 0.3) is 0 Å². The van der Waals surface area contributed by atoms with Crippen molar-refractivity contribution in [3.8, 4) is 0 Å². The van der Waals surface area contributed by atoms with Crippen LogP contribution in [-0.2, 0) is 4.79 Å². The molecular formula is C17H35N3O. The second kappa shape index (κ2) is 9.42. The molecular weight excluding hydrogens is 262 g/mol. The Balaban J connectivity index is 2.66. The molecule has 21 heavy (non-hydrogen) atoms. The fourth-order valence-corrected chi connectivity index (χ4v) is 3.71. The number of hydrogen-bond donors (Lipinski definition) is 2. The van der Waals surface area contributed by atoms with Gasteiger partial charge >= 0.3 is 0 Å². The number of carbonyl (C=O) groups is 1. The van der Waals surface area contributed by atoms with Gasteiger partial charge in [0.2, 0.25) is 5.91 Å². The van der Waals surface area contributed by atoms with Gasteiger partial charge in [0.05, 0.1) is 6.04 Å². The lowest BCUT2D eigenvalue weighted by molar-refractivity contribution is -0.128. The van der Waals surface area contributed by atoms with Crippen LogP contribution in [0, 0.1) is 5.92 Å². The summed E-state index contributed by atoms with van der Waals surface area (Å²) in [5.74, 6) is 0.709. The Hall–Kier alpha value is -0.610. The predicted octanol–water partition coefficient (Wildman–Crippen LogP) is 2.52. The third-order valence-electron chi connectivity index (χ3n) is 4.95. The molecule has 1 saturated carbocycles. The van der Waals surface area contributed by atoms with Gasteiger partial charge in [-0.2, -0.15) is 0 Å². The van der Waals surface area contributed by atoms with Crippen LogP contribution in [0.3, 0.4) is 0 Å². The average molecular weight is 297 g/mol. The second-order valence-corrected chi connectivity index (χ2v) is 6.55. The number of likely N-dealkylation sites (N-methyl/N-ethyl adjacent to an activating group) is 1. The van der Waals surface area contributed by atoms with Crippen LogP contribution in [0.1, 0.15) is 66.2 Å². The molecule has 0 bridgehead atoms. The van der Waals surface area contributed by atoms with Crippen molar-refractivity contribution in [3.05, 3.63) is 0 Å². The molecule has 1 amide bonds. The normalized spacial score (nSPS) is 25.6. The molecule has 124 valence electrons. The van der Waals surface area contributed by atoms with E-state index in [2.05, 4.69) is 31.0 Å². The van der Waals surface area contributed by atoms with Crippen molar-refractivity contribution in [1.82, 2.24) is 10.2 Å². The molecule has 0 heterocycles. The van der Waals surface area contributed by atoms with Crippen molar-refractivity contribution in [3.63, 3.8) is 0 Å². The number of rotatable bonds is 8. The molecule has 0 aliphatic heterocycles. The zero-order valence-corrected chi connectivity index (χ0v) is 14.4. The van der Waals surface area contributed by atoms with Crippen molar-refractivity contribution in [2.75, 3.05) is 13.1 Å². The molecule has 1 fully saturated rings. The van der Waals surface area contributed by atoms with Crippen LogP contribution in [-0.4, -0.2) is 42.0 Å². The number of carbonyl (C=O) groups excluding carboxylic acids is 1. The Kier molecular flexibility index (Phi) is 8.27. The minimum atomic E-state index is -0.0635. The smallest absolute Gasteiger partial charge is 0.237 e. The van der Waals surface area contributed by atoms with Gasteiger partial charge in [0.15, 0.2) is 0 Å². The number of amides is 1. The minimum Gasteiger partial charge on any atom is -0.352 e. The molecule has 0 aromatic heterocycles. The maximum absolute atomic E-state index is 12.5. The highest BCUT2D eigenvalue weighted by molar-refractivity contribution is 5.81. The third kappa shape index (κ3) is 5.26. The first-order valence-corrected chi connectivity index (χ1v) is 8.81. The van der Waals surface area contributed by atoms with Crippen LogP contribution in [0.4, 0.5) is 0 Å². The van der Waals surface area contributed by atoms with Crippen LogP contribution < -0.4 is 11.1 Å². The van der Waals surface area contributed by atoms with Gasteiger partial charge in [-0.25, -0.2) is 0 Å². The van der Waals surface area contributed by atoms with E-state index in [1.165, 1.54) is 25.7 Å². The standard InChI is InChI=1S/C17H35N3O/c1-5-9-13(3)19-17(21)14(4)20(6-2)16-11-8-7-10-15(16)12-18/h13-16H,5-12,18H2,1-4H3,(H,19,21). The van der Waals surface area contributed by atoms with E-state index >= 15 is 0 Å². The summed E-state index contributed by atoms with van der Waals surface area (Å²) in [4.78, 5) is 14.8. The molecule has 4 heteroatoms. The molecule has 1 aliphatic carbocycles. The molecule has 0 aromatic carbocycles. The van der Waals surface area contributed by atoms with Crippen molar-refractivity contribution in [2.24, 2.45) is 11.7 Å². The monoisotopic (exact) mass is 297 g/mol. The Labute approximate surface area is 130 Å². The molecule has 0 aromatic rings. The summed E-state index contributed by atoms with van der Waals surface area (Å²) in [7, 11) is 0. The molecule has 3 N–H and O–H groups in total. The zero-order chi connectivity index (χ0) is 15.8. The third-order valence-corrected chi connectivity index (χ3v) is 4.95. The Morgan fingerprint density at radius 2 is 1.95 bits per heavy atom. The summed E-state index contributed by atoms with van der Waals surface area (Å²) in [5, 5.41) is 3.16. The van der Waals surface area contributed by atoms with Gasteiger partial charge < -0.3 is 11.1 Å². The number of hydrogen-bond acceptors (Lipinski definition) is 3. The topological polar surface area (TPSA) is 58.4 Å². The zero-order valence-electron chi connectivity index (χ0n) is 14.4. The summed E-state index contributed by atoms with van der Waals surface area (Å²) < 4.78 is 0. The van der Waals surface area contributed by atoms with Gasteiger partial charge in [-0.1, -0.05) is 33.1 Å². The average Bonchev–Trinajstić information content (AvgIpc) is 2.48. The van der Waals surface area contributed by atoms with Crippen LogP contribution >= 0.6 is 0 Å². The Morgan fingerprint density at radius 1 is 1.29 bits per heavy atom. The van der Waals surface area contributed by atoms with E-state index in [0.717, 1.165) is 25.9 Å². The van der Waals surface area contributed by atoms with E-state index in [-0.39, 0.29) is 18.0 Å². The Morgan fingerprint density at radius 3 is 2.52 bits per heavy atom. The molecule has 0 spiro atoms. The first kappa shape index (κ1) is 18.4. The van der Waals surface area contributed by atoms with Crippen LogP contribution in [0.2, 0.25) is 0 Å². The van der Waals surface area contributed by atoms with Crippen molar-refractivity contribution in [1.29, 1.82) is 0 Å². The number of nitrogens with zero attached hydrogens (tertiary/aromatic N) is 1. The minimum absolute atomic E-state index is 0.0635. The molecule has 4 unspecified atom stereocenters. The first-order valence-electron chi connectivity index (χ1n) is 8.81. The SMILES string of the molecule is CCCC(C)NC(=O)C(C)N(CC)C1CCCCC1CN.